The minimum Gasteiger partial charge on any atom is -0.490 e. The molecule has 3 aromatic rings. The molecule has 1 amide bonds. The third-order valence-electron chi connectivity index (χ3n) is 6.44. The molecule has 2 aliphatic heterocycles. The highest BCUT2D eigenvalue weighted by atomic mass is 35.5. The van der Waals surface area contributed by atoms with Gasteiger partial charge in [-0.2, -0.15) is 0 Å². The van der Waals surface area contributed by atoms with E-state index in [4.69, 9.17) is 33.3 Å². The highest BCUT2D eigenvalue weighted by molar-refractivity contribution is 7.80. The van der Waals surface area contributed by atoms with Crippen LogP contribution in [0.3, 0.4) is 0 Å². The van der Waals surface area contributed by atoms with Crippen LogP contribution < -0.4 is 25.0 Å². The van der Waals surface area contributed by atoms with Gasteiger partial charge in [-0.1, -0.05) is 35.9 Å². The van der Waals surface area contributed by atoms with E-state index in [1.54, 1.807) is 24.3 Å². The Hall–Kier alpha value is -3.29. The zero-order chi connectivity index (χ0) is 24.7. The number of thiocarbonyl (C=S) groups is 1. The molecule has 3 atom stereocenters. The van der Waals surface area contributed by atoms with E-state index in [9.17, 15) is 4.79 Å². The Morgan fingerprint density at radius 2 is 1.94 bits per heavy atom. The maximum absolute atomic E-state index is 13.9. The van der Waals surface area contributed by atoms with Gasteiger partial charge in [0.25, 0.3) is 0 Å². The van der Waals surface area contributed by atoms with Gasteiger partial charge in [-0.05, 0) is 81.0 Å². The first-order chi connectivity index (χ1) is 16.8. The molecule has 1 fully saturated rings. The first kappa shape index (κ1) is 23.5. The molecule has 2 heterocycles. The van der Waals surface area contributed by atoms with Gasteiger partial charge in [-0.25, -0.2) is 0 Å². The number of anilines is 2. The Kier molecular flexibility index (Phi) is 6.07. The molecular weight excluding hydrogens is 482 g/mol. The Balaban J connectivity index is 1.64. The van der Waals surface area contributed by atoms with Crippen molar-refractivity contribution in [3.05, 3.63) is 82.9 Å². The number of hydrogen-bond acceptors (Lipinski definition) is 4. The summed E-state index contributed by atoms with van der Waals surface area (Å²) in [5.41, 5.74) is 2.27. The van der Waals surface area contributed by atoms with Crippen LogP contribution in [0, 0.1) is 12.8 Å². The van der Waals surface area contributed by atoms with Crippen molar-refractivity contribution in [3.63, 3.8) is 0 Å². The zero-order valence-electron chi connectivity index (χ0n) is 19.7. The summed E-state index contributed by atoms with van der Waals surface area (Å²) >= 11 is 11.9. The molecule has 8 heteroatoms. The number of benzene rings is 3. The van der Waals surface area contributed by atoms with Crippen LogP contribution in [0.25, 0.3) is 0 Å². The van der Waals surface area contributed by atoms with E-state index in [0.717, 1.165) is 16.8 Å². The molecule has 0 radical (unpaired) electrons. The van der Waals surface area contributed by atoms with Crippen LogP contribution in [-0.2, 0) is 4.79 Å². The highest BCUT2D eigenvalue weighted by Gasteiger charge is 2.59. The van der Waals surface area contributed by atoms with E-state index in [1.807, 2.05) is 68.1 Å². The van der Waals surface area contributed by atoms with Gasteiger partial charge in [0.05, 0.1) is 12.6 Å². The summed E-state index contributed by atoms with van der Waals surface area (Å²) in [4.78, 5) is 15.8. The van der Waals surface area contributed by atoms with Crippen LogP contribution in [0.15, 0.2) is 66.7 Å². The van der Waals surface area contributed by atoms with Gasteiger partial charge in [-0.3, -0.25) is 9.69 Å². The van der Waals surface area contributed by atoms with E-state index < -0.39 is 17.7 Å². The molecule has 2 aliphatic rings. The second kappa shape index (κ2) is 9.06. The predicted octanol–water partition coefficient (Wildman–Crippen LogP) is 5.85. The number of nitrogens with zero attached hydrogens (tertiary/aromatic N) is 1. The van der Waals surface area contributed by atoms with Crippen molar-refractivity contribution in [3.8, 4) is 11.5 Å². The lowest BCUT2D eigenvalue weighted by atomic mass is 9.78. The largest absolute Gasteiger partial charge is 0.490 e. The van der Waals surface area contributed by atoms with Gasteiger partial charge in [-0.15, -0.1) is 0 Å². The fourth-order valence-corrected chi connectivity index (χ4v) is 5.49. The van der Waals surface area contributed by atoms with Gasteiger partial charge >= 0.3 is 0 Å². The number of hydrogen-bond donors (Lipinski definition) is 2. The highest BCUT2D eigenvalue weighted by Crippen LogP contribution is 2.52. The second-order valence-corrected chi connectivity index (χ2v) is 9.66. The Morgan fingerprint density at radius 1 is 1.20 bits per heavy atom. The lowest BCUT2D eigenvalue weighted by Crippen LogP contribution is -2.72. The summed E-state index contributed by atoms with van der Waals surface area (Å²) in [6.07, 6.45) is 0. The van der Waals surface area contributed by atoms with Crippen molar-refractivity contribution in [2.75, 3.05) is 16.8 Å². The van der Waals surface area contributed by atoms with Crippen molar-refractivity contribution in [2.24, 2.45) is 5.92 Å². The normalized spacial score (nSPS) is 22.5. The lowest BCUT2D eigenvalue weighted by molar-refractivity contribution is -0.130. The van der Waals surface area contributed by atoms with Crippen LogP contribution in [0.1, 0.15) is 31.0 Å². The van der Waals surface area contributed by atoms with Crippen LogP contribution in [0.4, 0.5) is 11.4 Å². The number of carbonyl (C=O) groups is 1. The molecule has 2 N–H and O–H groups in total. The third-order valence-corrected chi connectivity index (χ3v) is 7.00. The van der Waals surface area contributed by atoms with E-state index in [1.165, 1.54) is 0 Å². The van der Waals surface area contributed by atoms with Crippen LogP contribution in [-0.4, -0.2) is 23.4 Å². The van der Waals surface area contributed by atoms with Gasteiger partial charge in [0.15, 0.2) is 22.3 Å². The van der Waals surface area contributed by atoms with Crippen molar-refractivity contribution in [1.29, 1.82) is 0 Å². The number of aryl methyl sites for hydroxylation is 1. The van der Waals surface area contributed by atoms with Gasteiger partial charge < -0.3 is 20.1 Å². The van der Waals surface area contributed by atoms with E-state index >= 15 is 0 Å². The number of para-hydroxylation sites is 1. The van der Waals surface area contributed by atoms with Gasteiger partial charge in [0.1, 0.15) is 5.92 Å². The molecule has 0 aromatic heterocycles. The molecule has 2 bridgehead atoms. The number of halogens is 1. The molecule has 0 spiro atoms. The topological polar surface area (TPSA) is 62.8 Å². The Labute approximate surface area is 215 Å². The van der Waals surface area contributed by atoms with Crippen molar-refractivity contribution in [1.82, 2.24) is 5.32 Å². The van der Waals surface area contributed by atoms with Crippen molar-refractivity contribution < 1.29 is 14.3 Å². The summed E-state index contributed by atoms with van der Waals surface area (Å²) < 4.78 is 12.6. The predicted molar refractivity (Wildman–Crippen MR) is 142 cm³/mol. The van der Waals surface area contributed by atoms with Crippen molar-refractivity contribution in [2.45, 2.75) is 32.5 Å². The van der Waals surface area contributed by atoms with Crippen LogP contribution in [0.2, 0.25) is 5.02 Å². The summed E-state index contributed by atoms with van der Waals surface area (Å²) in [5, 5.41) is 7.57. The molecule has 6 nitrogen and oxygen atoms in total. The third kappa shape index (κ3) is 4.09. The standard InChI is InChI=1S/C27H26ClN3O3S/c1-4-33-21-10-6-9-20-23-22(25(32)29-18-13-11-17(28)12-14-18)27(3,34-24(20)21)31(26(35)30-23)19-8-5-7-16(2)15-19/h5-15,22-23H,4H2,1-3H3,(H,29,32)(H,30,35)/t22-,23-,27-/m1/s1. The maximum Gasteiger partial charge on any atom is 0.236 e. The minimum absolute atomic E-state index is 0.195. The molecule has 0 aliphatic carbocycles. The monoisotopic (exact) mass is 507 g/mol. The molecule has 0 unspecified atom stereocenters. The SMILES string of the molecule is CCOc1cccc2c1O[C@]1(C)[C@@H](C(=O)Nc3ccc(Cl)cc3)[C@@H]2NC(=S)N1c1cccc(C)c1. The minimum atomic E-state index is -1.13. The molecular formula is C27H26ClN3O3S. The molecule has 180 valence electrons. The van der Waals surface area contributed by atoms with Crippen LogP contribution in [0.5, 0.6) is 11.5 Å². The number of fused-ring (bicyclic) bond motifs is 4. The average molecular weight is 508 g/mol. The number of ether oxygens (including phenoxy) is 2. The molecule has 0 saturated carbocycles. The smallest absolute Gasteiger partial charge is 0.236 e. The van der Waals surface area contributed by atoms with E-state index in [2.05, 4.69) is 10.6 Å². The number of amides is 1. The van der Waals surface area contributed by atoms with E-state index in [0.29, 0.717) is 33.9 Å². The fourth-order valence-electron chi connectivity index (χ4n) is 4.95. The summed E-state index contributed by atoms with van der Waals surface area (Å²) in [6.45, 7) is 6.35. The lowest BCUT2D eigenvalue weighted by Gasteiger charge is -2.56. The number of carbonyl (C=O) groups excluding carboxylic acids is 1. The van der Waals surface area contributed by atoms with Crippen LogP contribution >= 0.6 is 23.8 Å². The first-order valence-corrected chi connectivity index (χ1v) is 12.3. The van der Waals surface area contributed by atoms with Gasteiger partial charge in [0, 0.05) is 22.0 Å². The summed E-state index contributed by atoms with van der Waals surface area (Å²) in [7, 11) is 0. The zero-order valence-corrected chi connectivity index (χ0v) is 21.2. The average Bonchev–Trinajstić information content (AvgIpc) is 2.81. The fraction of sp³-hybridized carbons (Fsp3) is 0.259. The molecule has 5 rings (SSSR count). The van der Waals surface area contributed by atoms with Gasteiger partial charge in [0.2, 0.25) is 5.91 Å². The number of rotatable bonds is 5. The summed E-state index contributed by atoms with van der Waals surface area (Å²) in [5.74, 6) is 0.413. The quantitative estimate of drug-likeness (QED) is 0.423. The Morgan fingerprint density at radius 3 is 2.66 bits per heavy atom. The number of nitrogens with one attached hydrogen (secondary N) is 2. The first-order valence-electron chi connectivity index (χ1n) is 11.5. The van der Waals surface area contributed by atoms with E-state index in [-0.39, 0.29) is 5.91 Å². The van der Waals surface area contributed by atoms with Crippen molar-refractivity contribution >= 4 is 46.2 Å². The maximum atomic E-state index is 13.9. The molecule has 1 saturated heterocycles. The Bertz CT molecular complexity index is 1300. The second-order valence-electron chi connectivity index (χ2n) is 8.84. The molecule has 35 heavy (non-hydrogen) atoms. The molecule has 3 aromatic carbocycles. The summed E-state index contributed by atoms with van der Waals surface area (Å²) in [6, 6.07) is 20.3.